The van der Waals surface area contributed by atoms with Gasteiger partial charge in [-0.15, -0.1) is 0 Å². The van der Waals surface area contributed by atoms with Crippen LogP contribution >= 0.6 is 0 Å². The second-order valence-electron chi connectivity index (χ2n) is 5.48. The standard InChI is InChI=1S/C16H21FN2/c1-12(13-5-3-2-4-6-13)19-11-15-9-16(17)8-7-14(15)10-18/h7-9,12-13,19H,2-6,11H2,1H3. The molecular weight excluding hydrogens is 239 g/mol. The van der Waals surface area contributed by atoms with E-state index < -0.39 is 0 Å². The van der Waals surface area contributed by atoms with E-state index in [1.807, 2.05) is 0 Å². The molecule has 0 radical (unpaired) electrons. The average molecular weight is 260 g/mol. The fourth-order valence-corrected chi connectivity index (χ4v) is 2.89. The van der Waals surface area contributed by atoms with Crippen LogP contribution in [0.15, 0.2) is 18.2 Å². The molecule has 0 saturated heterocycles. The van der Waals surface area contributed by atoms with Crippen molar-refractivity contribution in [2.45, 2.75) is 51.6 Å². The first-order chi connectivity index (χ1) is 9.20. The fraction of sp³-hybridized carbons (Fsp3) is 0.562. The van der Waals surface area contributed by atoms with Crippen molar-refractivity contribution in [3.63, 3.8) is 0 Å². The maximum Gasteiger partial charge on any atom is 0.123 e. The molecule has 1 N–H and O–H groups in total. The van der Waals surface area contributed by atoms with Gasteiger partial charge in [-0.1, -0.05) is 19.3 Å². The molecule has 2 rings (SSSR count). The Morgan fingerprint density at radius 1 is 1.37 bits per heavy atom. The zero-order valence-electron chi connectivity index (χ0n) is 11.5. The third-order valence-electron chi connectivity index (χ3n) is 4.16. The second-order valence-corrected chi connectivity index (χ2v) is 5.48. The number of nitrogens with one attached hydrogen (secondary N) is 1. The highest BCUT2D eigenvalue weighted by molar-refractivity contribution is 5.37. The quantitative estimate of drug-likeness (QED) is 0.894. The molecule has 1 aromatic rings. The highest BCUT2D eigenvalue weighted by atomic mass is 19.1. The first-order valence-corrected chi connectivity index (χ1v) is 7.12. The number of halogens is 1. The summed E-state index contributed by atoms with van der Waals surface area (Å²) in [5.74, 6) is 0.439. The van der Waals surface area contributed by atoms with E-state index in [1.165, 1.54) is 44.2 Å². The largest absolute Gasteiger partial charge is 0.310 e. The topological polar surface area (TPSA) is 35.8 Å². The van der Waals surface area contributed by atoms with Gasteiger partial charge in [-0.3, -0.25) is 0 Å². The Hall–Kier alpha value is -1.40. The minimum atomic E-state index is -0.277. The summed E-state index contributed by atoms with van der Waals surface area (Å²) < 4.78 is 13.2. The molecule has 0 heterocycles. The summed E-state index contributed by atoms with van der Waals surface area (Å²) in [7, 11) is 0. The molecule has 2 nitrogen and oxygen atoms in total. The van der Waals surface area contributed by atoms with E-state index in [-0.39, 0.29) is 5.82 Å². The molecule has 1 aliphatic carbocycles. The van der Waals surface area contributed by atoms with Crippen LogP contribution in [0.25, 0.3) is 0 Å². The van der Waals surface area contributed by atoms with Crippen molar-refractivity contribution in [1.29, 1.82) is 5.26 Å². The molecule has 0 amide bonds. The van der Waals surface area contributed by atoms with Crippen LogP contribution in [0.4, 0.5) is 4.39 Å². The van der Waals surface area contributed by atoms with E-state index in [1.54, 1.807) is 6.07 Å². The van der Waals surface area contributed by atoms with Gasteiger partial charge < -0.3 is 5.32 Å². The molecule has 1 aromatic carbocycles. The molecular formula is C16H21FN2. The third-order valence-corrected chi connectivity index (χ3v) is 4.16. The van der Waals surface area contributed by atoms with Gasteiger partial charge in [-0.25, -0.2) is 4.39 Å². The van der Waals surface area contributed by atoms with E-state index >= 15 is 0 Å². The van der Waals surface area contributed by atoms with E-state index in [4.69, 9.17) is 5.26 Å². The molecule has 0 aliphatic heterocycles. The first-order valence-electron chi connectivity index (χ1n) is 7.12. The second kappa shape index (κ2) is 6.68. The smallest absolute Gasteiger partial charge is 0.123 e. The number of hydrogen-bond acceptors (Lipinski definition) is 2. The van der Waals surface area contributed by atoms with Crippen LogP contribution in [0.2, 0.25) is 0 Å². The number of nitriles is 1. The van der Waals surface area contributed by atoms with Gasteiger partial charge in [0.05, 0.1) is 11.6 Å². The maximum absolute atomic E-state index is 13.2. The normalized spacial score (nSPS) is 17.9. The summed E-state index contributed by atoms with van der Waals surface area (Å²) in [5.41, 5.74) is 1.31. The Labute approximate surface area is 114 Å². The van der Waals surface area contributed by atoms with Crippen LogP contribution in [0.1, 0.15) is 50.2 Å². The summed E-state index contributed by atoms with van der Waals surface area (Å²) in [6, 6.07) is 6.90. The summed E-state index contributed by atoms with van der Waals surface area (Å²) in [5, 5.41) is 12.5. The molecule has 1 saturated carbocycles. The monoisotopic (exact) mass is 260 g/mol. The number of rotatable bonds is 4. The molecule has 1 fully saturated rings. The zero-order valence-corrected chi connectivity index (χ0v) is 11.5. The lowest BCUT2D eigenvalue weighted by Gasteiger charge is -2.28. The minimum absolute atomic E-state index is 0.277. The molecule has 1 aliphatic rings. The number of hydrogen-bond donors (Lipinski definition) is 1. The lowest BCUT2D eigenvalue weighted by atomic mass is 9.84. The average Bonchev–Trinajstić information content (AvgIpc) is 2.46. The van der Waals surface area contributed by atoms with Crippen molar-refractivity contribution in [2.24, 2.45) is 5.92 Å². The van der Waals surface area contributed by atoms with Gasteiger partial charge in [0.25, 0.3) is 0 Å². The van der Waals surface area contributed by atoms with Crippen molar-refractivity contribution in [1.82, 2.24) is 5.32 Å². The molecule has 3 heteroatoms. The first kappa shape index (κ1) is 14.0. The Balaban J connectivity index is 1.94. The Morgan fingerprint density at radius 2 is 2.11 bits per heavy atom. The Kier molecular flexibility index (Phi) is 4.93. The predicted octanol–water partition coefficient (Wildman–Crippen LogP) is 3.76. The number of nitrogens with zero attached hydrogens (tertiary/aromatic N) is 1. The van der Waals surface area contributed by atoms with Crippen LogP contribution < -0.4 is 5.32 Å². The predicted molar refractivity (Wildman–Crippen MR) is 74.0 cm³/mol. The summed E-state index contributed by atoms with van der Waals surface area (Å²) in [6.07, 6.45) is 6.55. The molecule has 0 aromatic heterocycles. The fourth-order valence-electron chi connectivity index (χ4n) is 2.89. The van der Waals surface area contributed by atoms with Gasteiger partial charge in [-0.2, -0.15) is 5.26 Å². The Morgan fingerprint density at radius 3 is 2.79 bits per heavy atom. The van der Waals surface area contributed by atoms with Gasteiger partial charge in [-0.05, 0) is 49.4 Å². The van der Waals surface area contributed by atoms with Crippen molar-refractivity contribution >= 4 is 0 Å². The molecule has 102 valence electrons. The number of benzene rings is 1. The van der Waals surface area contributed by atoms with Gasteiger partial charge in [0, 0.05) is 12.6 Å². The van der Waals surface area contributed by atoms with Gasteiger partial charge in [0.1, 0.15) is 5.82 Å². The van der Waals surface area contributed by atoms with Crippen molar-refractivity contribution in [3.8, 4) is 6.07 Å². The molecule has 1 unspecified atom stereocenters. The summed E-state index contributed by atoms with van der Waals surface area (Å²) in [4.78, 5) is 0. The van der Waals surface area contributed by atoms with Crippen molar-refractivity contribution in [2.75, 3.05) is 0 Å². The maximum atomic E-state index is 13.2. The van der Waals surface area contributed by atoms with Gasteiger partial charge in [0.2, 0.25) is 0 Å². The van der Waals surface area contributed by atoms with E-state index in [9.17, 15) is 4.39 Å². The van der Waals surface area contributed by atoms with Crippen LogP contribution in [0.3, 0.4) is 0 Å². The zero-order chi connectivity index (χ0) is 13.7. The Bertz CT molecular complexity index is 458. The van der Waals surface area contributed by atoms with E-state index in [0.29, 0.717) is 24.1 Å². The van der Waals surface area contributed by atoms with Crippen molar-refractivity contribution in [3.05, 3.63) is 35.1 Å². The third kappa shape index (κ3) is 3.78. The molecule has 19 heavy (non-hydrogen) atoms. The van der Waals surface area contributed by atoms with Crippen LogP contribution in [0.5, 0.6) is 0 Å². The van der Waals surface area contributed by atoms with E-state index in [2.05, 4.69) is 18.3 Å². The van der Waals surface area contributed by atoms with Gasteiger partial charge in [0.15, 0.2) is 0 Å². The molecule has 1 atom stereocenters. The molecule has 0 bridgehead atoms. The van der Waals surface area contributed by atoms with Crippen LogP contribution in [0, 0.1) is 23.1 Å². The highest BCUT2D eigenvalue weighted by Gasteiger charge is 2.19. The minimum Gasteiger partial charge on any atom is -0.310 e. The molecule has 0 spiro atoms. The lowest BCUT2D eigenvalue weighted by molar-refractivity contribution is 0.280. The summed E-state index contributed by atoms with van der Waals surface area (Å²) in [6.45, 7) is 2.76. The van der Waals surface area contributed by atoms with Crippen LogP contribution in [-0.2, 0) is 6.54 Å². The lowest BCUT2D eigenvalue weighted by Crippen LogP contribution is -2.34. The van der Waals surface area contributed by atoms with Crippen molar-refractivity contribution < 1.29 is 4.39 Å². The summed E-state index contributed by atoms with van der Waals surface area (Å²) >= 11 is 0. The van der Waals surface area contributed by atoms with Gasteiger partial charge >= 0.3 is 0 Å². The van der Waals surface area contributed by atoms with E-state index in [0.717, 1.165) is 5.56 Å². The SMILES string of the molecule is CC(NCc1cc(F)ccc1C#N)C1CCCCC1. The van der Waals surface area contributed by atoms with Crippen LogP contribution in [-0.4, -0.2) is 6.04 Å². The highest BCUT2D eigenvalue weighted by Crippen LogP contribution is 2.26.